The van der Waals surface area contributed by atoms with E-state index in [1.54, 1.807) is 19.4 Å². The molecule has 6 atom stereocenters. The molecule has 0 radical (unpaired) electrons. The molecule has 0 aliphatic heterocycles. The summed E-state index contributed by atoms with van der Waals surface area (Å²) in [5.41, 5.74) is 3.34. The zero-order chi connectivity index (χ0) is 22.1. The van der Waals surface area contributed by atoms with Gasteiger partial charge in [-0.3, -0.25) is 0 Å². The fourth-order valence-corrected chi connectivity index (χ4v) is 6.58. The number of allylic oxidation sites excluding steroid dienone is 4. The lowest BCUT2D eigenvalue weighted by molar-refractivity contribution is -0.0554. The van der Waals surface area contributed by atoms with Crippen LogP contribution in [0, 0.1) is 23.2 Å². The lowest BCUT2D eigenvalue weighted by atomic mass is 9.60. The van der Waals surface area contributed by atoms with Crippen molar-refractivity contribution in [3.05, 3.63) is 35.5 Å². The molecule has 0 unspecified atom stereocenters. The van der Waals surface area contributed by atoms with Gasteiger partial charge in [-0.1, -0.05) is 43.7 Å². The Morgan fingerprint density at radius 1 is 1.17 bits per heavy atom. The Kier molecular flexibility index (Phi) is 7.37. The summed E-state index contributed by atoms with van der Waals surface area (Å²) >= 11 is 0. The van der Waals surface area contributed by atoms with Crippen LogP contribution < -0.4 is 0 Å². The van der Waals surface area contributed by atoms with Crippen LogP contribution in [-0.2, 0) is 0 Å². The molecule has 3 aliphatic carbocycles. The van der Waals surface area contributed by atoms with Crippen LogP contribution in [0.5, 0.6) is 0 Å². The minimum atomic E-state index is -1.02. The van der Waals surface area contributed by atoms with Crippen molar-refractivity contribution in [1.82, 2.24) is 0 Å². The van der Waals surface area contributed by atoms with Gasteiger partial charge in [0.2, 0.25) is 0 Å². The molecule has 3 N–H and O–H groups in total. The van der Waals surface area contributed by atoms with Gasteiger partial charge in [-0.2, -0.15) is 0 Å². The molecule has 0 amide bonds. The Bertz CT molecular complexity index is 683. The number of hydrogen-bond donors (Lipinski definition) is 3. The number of hydrogen-bond acceptors (Lipinski definition) is 3. The third-order valence-corrected chi connectivity index (χ3v) is 8.62. The van der Waals surface area contributed by atoms with E-state index in [-0.39, 0.29) is 6.10 Å². The molecule has 3 aliphatic rings. The monoisotopic (exact) mass is 416 g/mol. The van der Waals surface area contributed by atoms with Gasteiger partial charge >= 0.3 is 0 Å². The molecule has 3 nitrogen and oxygen atoms in total. The lowest BCUT2D eigenvalue weighted by Crippen LogP contribution is -2.38. The van der Waals surface area contributed by atoms with Crippen molar-refractivity contribution in [3.8, 4) is 0 Å². The van der Waals surface area contributed by atoms with Crippen molar-refractivity contribution in [2.75, 3.05) is 0 Å². The van der Waals surface area contributed by atoms with Crippen molar-refractivity contribution in [3.63, 3.8) is 0 Å². The molecule has 3 heteroatoms. The van der Waals surface area contributed by atoms with Crippen LogP contribution in [0.25, 0.3) is 0 Å². The molecular formula is C27H44O3. The normalized spacial score (nSPS) is 37.4. The Morgan fingerprint density at radius 3 is 2.60 bits per heavy atom. The minimum absolute atomic E-state index is 0.215. The number of aliphatic hydroxyl groups excluding tert-OH is 2. The predicted octanol–water partition coefficient (Wildman–Crippen LogP) is 5.70. The maximum absolute atomic E-state index is 10.3. The van der Waals surface area contributed by atoms with E-state index < -0.39 is 11.7 Å². The quantitative estimate of drug-likeness (QED) is 0.520. The van der Waals surface area contributed by atoms with Gasteiger partial charge in [-0.25, -0.2) is 0 Å². The maximum atomic E-state index is 10.3. The SMILES string of the molecule is C=C1CC[C@H](O)CC1=CC=C1CCC[C@@]2(C)[C@@H]1CC[C@H]2[C@H](C)CC[C@@H](O)C(C)(C)O. The molecule has 0 aromatic rings. The fourth-order valence-electron chi connectivity index (χ4n) is 6.58. The molecule has 30 heavy (non-hydrogen) atoms. The third-order valence-electron chi connectivity index (χ3n) is 8.62. The minimum Gasteiger partial charge on any atom is -0.393 e. The summed E-state index contributed by atoms with van der Waals surface area (Å²) in [4.78, 5) is 0. The molecule has 3 saturated carbocycles. The van der Waals surface area contributed by atoms with E-state index in [1.807, 2.05) is 0 Å². The van der Waals surface area contributed by atoms with E-state index in [9.17, 15) is 15.3 Å². The first kappa shape index (κ1) is 23.8. The molecule has 0 aromatic heterocycles. The number of aliphatic hydroxyl groups is 3. The largest absolute Gasteiger partial charge is 0.393 e. The van der Waals surface area contributed by atoms with Gasteiger partial charge in [0.15, 0.2) is 0 Å². The second-order valence-corrected chi connectivity index (χ2v) is 11.3. The highest BCUT2D eigenvalue weighted by molar-refractivity contribution is 5.36. The van der Waals surface area contributed by atoms with Gasteiger partial charge in [0.05, 0.1) is 17.8 Å². The second-order valence-electron chi connectivity index (χ2n) is 11.3. The fraction of sp³-hybridized carbons (Fsp3) is 0.778. The highest BCUT2D eigenvalue weighted by Gasteiger charge is 2.50. The summed E-state index contributed by atoms with van der Waals surface area (Å²) in [6.45, 7) is 12.5. The Labute approximate surface area is 184 Å². The zero-order valence-electron chi connectivity index (χ0n) is 19.7. The van der Waals surface area contributed by atoms with Crippen molar-refractivity contribution >= 4 is 0 Å². The average Bonchev–Trinajstić information content (AvgIpc) is 3.03. The molecule has 0 bridgehead atoms. The third kappa shape index (κ3) is 5.11. The van der Waals surface area contributed by atoms with Gasteiger partial charge < -0.3 is 15.3 Å². The van der Waals surface area contributed by atoms with E-state index >= 15 is 0 Å². The standard InChI is InChI=1S/C27H44O3/c1-18-8-12-22(28)17-21(18)11-10-20-7-6-16-27(5)23(13-14-24(20)27)19(2)9-15-25(29)26(3,4)30/h10-11,19,22-25,28-30H,1,6-9,12-17H2,2-5H3/t19-,22+,23+,24-,25-,27-/m1/s1. The summed E-state index contributed by atoms with van der Waals surface area (Å²) in [5.74, 6) is 1.89. The average molecular weight is 417 g/mol. The molecule has 170 valence electrons. The molecule has 0 aromatic carbocycles. The summed E-state index contributed by atoms with van der Waals surface area (Å²) in [5, 5.41) is 30.3. The summed E-state index contributed by atoms with van der Waals surface area (Å²) in [6.07, 6.45) is 14.1. The maximum Gasteiger partial charge on any atom is 0.0849 e. The van der Waals surface area contributed by atoms with Gasteiger partial charge in [0.1, 0.15) is 0 Å². The van der Waals surface area contributed by atoms with Crippen LogP contribution in [0.15, 0.2) is 35.5 Å². The molecule has 0 spiro atoms. The van der Waals surface area contributed by atoms with Crippen LogP contribution in [-0.4, -0.2) is 33.1 Å². The molecule has 3 rings (SSSR count). The van der Waals surface area contributed by atoms with E-state index in [0.717, 1.165) is 25.7 Å². The first-order valence-electron chi connectivity index (χ1n) is 12.2. The summed E-state index contributed by atoms with van der Waals surface area (Å²) in [6, 6.07) is 0. The molecule has 3 fully saturated rings. The first-order valence-corrected chi connectivity index (χ1v) is 12.2. The molecule has 0 saturated heterocycles. The van der Waals surface area contributed by atoms with Gasteiger partial charge in [0.25, 0.3) is 0 Å². The van der Waals surface area contributed by atoms with E-state index in [2.05, 4.69) is 32.6 Å². The van der Waals surface area contributed by atoms with E-state index in [4.69, 9.17) is 0 Å². The second kappa shape index (κ2) is 9.30. The van der Waals surface area contributed by atoms with Crippen LogP contribution >= 0.6 is 0 Å². The molecular weight excluding hydrogens is 372 g/mol. The topological polar surface area (TPSA) is 60.7 Å². The van der Waals surface area contributed by atoms with Crippen molar-refractivity contribution in [2.45, 2.75) is 110 Å². The first-order chi connectivity index (χ1) is 14.0. The Hall–Kier alpha value is -0.900. The zero-order valence-corrected chi connectivity index (χ0v) is 19.7. The highest BCUT2D eigenvalue weighted by Crippen LogP contribution is 2.60. The van der Waals surface area contributed by atoms with Crippen LogP contribution in [0.4, 0.5) is 0 Å². The van der Waals surface area contributed by atoms with Crippen molar-refractivity contribution in [1.29, 1.82) is 0 Å². The van der Waals surface area contributed by atoms with Crippen molar-refractivity contribution < 1.29 is 15.3 Å². The van der Waals surface area contributed by atoms with Crippen LogP contribution in [0.2, 0.25) is 0 Å². The molecule has 0 heterocycles. The Balaban J connectivity index is 1.69. The predicted molar refractivity (Wildman–Crippen MR) is 124 cm³/mol. The van der Waals surface area contributed by atoms with Gasteiger partial charge in [-0.05, 0) is 107 Å². The van der Waals surface area contributed by atoms with Crippen molar-refractivity contribution in [2.24, 2.45) is 23.2 Å². The lowest BCUT2D eigenvalue weighted by Gasteiger charge is -2.44. The van der Waals surface area contributed by atoms with Crippen LogP contribution in [0.3, 0.4) is 0 Å². The van der Waals surface area contributed by atoms with Gasteiger partial charge in [0, 0.05) is 0 Å². The Morgan fingerprint density at radius 2 is 1.90 bits per heavy atom. The summed E-state index contributed by atoms with van der Waals surface area (Å²) < 4.78 is 0. The number of rotatable bonds is 6. The summed E-state index contributed by atoms with van der Waals surface area (Å²) in [7, 11) is 0. The van der Waals surface area contributed by atoms with E-state index in [1.165, 1.54) is 43.3 Å². The highest BCUT2D eigenvalue weighted by atomic mass is 16.3. The van der Waals surface area contributed by atoms with Gasteiger partial charge in [-0.15, -0.1) is 0 Å². The smallest absolute Gasteiger partial charge is 0.0849 e. The number of fused-ring (bicyclic) bond motifs is 1. The van der Waals surface area contributed by atoms with E-state index in [0.29, 0.717) is 29.6 Å². The van der Waals surface area contributed by atoms with Crippen LogP contribution in [0.1, 0.15) is 91.9 Å².